The Morgan fingerprint density at radius 2 is 2.41 bits per heavy atom. The molecule has 0 spiro atoms. The maximum atomic E-state index is 11.9. The second-order valence-corrected chi connectivity index (χ2v) is 5.20. The number of carbonyl (C=O) groups excluding carboxylic acids is 2. The van der Waals surface area contributed by atoms with Gasteiger partial charge in [0.1, 0.15) is 6.04 Å². The number of hydrogen-bond donors (Lipinski definition) is 2. The third-order valence-electron chi connectivity index (χ3n) is 2.82. The summed E-state index contributed by atoms with van der Waals surface area (Å²) in [5.41, 5.74) is 0. The van der Waals surface area contributed by atoms with E-state index in [-0.39, 0.29) is 17.9 Å². The molecule has 1 unspecified atom stereocenters. The lowest BCUT2D eigenvalue weighted by atomic mass is 10.1. The fourth-order valence-electron chi connectivity index (χ4n) is 1.88. The van der Waals surface area contributed by atoms with Gasteiger partial charge in [-0.05, 0) is 24.3 Å². The summed E-state index contributed by atoms with van der Waals surface area (Å²) < 4.78 is 0. The molecule has 1 aliphatic heterocycles. The predicted octanol–water partition coefficient (Wildman–Crippen LogP) is 1.42. The van der Waals surface area contributed by atoms with Crippen LogP contribution in [-0.2, 0) is 16.1 Å². The van der Waals surface area contributed by atoms with Crippen molar-refractivity contribution in [3.63, 3.8) is 0 Å². The third-order valence-corrected chi connectivity index (χ3v) is 3.69. The molecule has 17 heavy (non-hydrogen) atoms. The Morgan fingerprint density at radius 3 is 3.18 bits per heavy atom. The lowest BCUT2D eigenvalue weighted by Gasteiger charge is -2.15. The summed E-state index contributed by atoms with van der Waals surface area (Å²) in [4.78, 5) is 24.3. The first-order valence-electron chi connectivity index (χ1n) is 5.85. The maximum Gasteiger partial charge on any atom is 0.242 e. The van der Waals surface area contributed by atoms with Crippen LogP contribution in [0.5, 0.6) is 0 Å². The van der Waals surface area contributed by atoms with Crippen molar-refractivity contribution in [1.82, 2.24) is 10.6 Å². The summed E-state index contributed by atoms with van der Waals surface area (Å²) in [6.45, 7) is 0.545. The molecule has 2 amide bonds. The van der Waals surface area contributed by atoms with E-state index < -0.39 is 0 Å². The van der Waals surface area contributed by atoms with Gasteiger partial charge in [0.15, 0.2) is 0 Å². The normalized spacial score (nSPS) is 20.5. The number of hydrogen-bond acceptors (Lipinski definition) is 3. The molecule has 1 atom stereocenters. The van der Waals surface area contributed by atoms with E-state index in [0.29, 0.717) is 13.0 Å². The van der Waals surface area contributed by atoms with Crippen molar-refractivity contribution in [2.45, 2.75) is 38.3 Å². The standard InChI is InChI=1S/C12H16N2O2S/c15-11-6-2-1-5-10(14-11)12(16)13-8-9-4-3-7-17-9/h3-4,7,10H,1-2,5-6,8H2,(H,13,16)(H,14,15). The Hall–Kier alpha value is -1.36. The number of rotatable bonds is 3. The summed E-state index contributed by atoms with van der Waals surface area (Å²) in [7, 11) is 0. The number of amides is 2. The average molecular weight is 252 g/mol. The number of nitrogens with one attached hydrogen (secondary N) is 2. The summed E-state index contributed by atoms with van der Waals surface area (Å²) in [6, 6.07) is 3.58. The predicted molar refractivity (Wildman–Crippen MR) is 66.6 cm³/mol. The van der Waals surface area contributed by atoms with Crippen LogP contribution in [0.25, 0.3) is 0 Å². The molecule has 0 aliphatic carbocycles. The van der Waals surface area contributed by atoms with Crippen LogP contribution < -0.4 is 10.6 Å². The largest absolute Gasteiger partial charge is 0.349 e. The van der Waals surface area contributed by atoms with E-state index in [1.807, 2.05) is 17.5 Å². The Labute approximate surface area is 104 Å². The van der Waals surface area contributed by atoms with Crippen LogP contribution in [0.15, 0.2) is 17.5 Å². The van der Waals surface area contributed by atoms with E-state index in [1.165, 1.54) is 0 Å². The zero-order chi connectivity index (χ0) is 12.1. The lowest BCUT2D eigenvalue weighted by Crippen LogP contribution is -2.45. The van der Waals surface area contributed by atoms with Crippen LogP contribution in [0, 0.1) is 0 Å². The van der Waals surface area contributed by atoms with Crippen molar-refractivity contribution in [2.75, 3.05) is 0 Å². The van der Waals surface area contributed by atoms with Crippen LogP contribution in [0.3, 0.4) is 0 Å². The van der Waals surface area contributed by atoms with Gasteiger partial charge in [0.05, 0.1) is 6.54 Å². The molecule has 1 fully saturated rings. The monoisotopic (exact) mass is 252 g/mol. The minimum Gasteiger partial charge on any atom is -0.349 e. The highest BCUT2D eigenvalue weighted by atomic mass is 32.1. The minimum atomic E-state index is -0.357. The molecular formula is C12H16N2O2S. The lowest BCUT2D eigenvalue weighted by molar-refractivity contribution is -0.128. The van der Waals surface area contributed by atoms with Gasteiger partial charge >= 0.3 is 0 Å². The van der Waals surface area contributed by atoms with Gasteiger partial charge in [-0.3, -0.25) is 9.59 Å². The molecule has 2 rings (SSSR count). The summed E-state index contributed by atoms with van der Waals surface area (Å²) in [6.07, 6.45) is 3.08. The van der Waals surface area contributed by atoms with Crippen molar-refractivity contribution < 1.29 is 9.59 Å². The molecule has 5 heteroatoms. The van der Waals surface area contributed by atoms with Crippen LogP contribution in [0.2, 0.25) is 0 Å². The molecule has 1 aromatic heterocycles. The van der Waals surface area contributed by atoms with E-state index in [0.717, 1.165) is 24.1 Å². The molecule has 0 saturated carbocycles. The van der Waals surface area contributed by atoms with Crippen molar-refractivity contribution in [1.29, 1.82) is 0 Å². The highest BCUT2D eigenvalue weighted by molar-refractivity contribution is 7.09. The molecule has 2 N–H and O–H groups in total. The summed E-state index contributed by atoms with van der Waals surface area (Å²) >= 11 is 1.61. The summed E-state index contributed by atoms with van der Waals surface area (Å²) in [5, 5.41) is 7.60. The molecule has 1 aromatic rings. The Kier molecular flexibility index (Phi) is 4.14. The first-order valence-corrected chi connectivity index (χ1v) is 6.73. The fourth-order valence-corrected chi connectivity index (χ4v) is 2.52. The Balaban J connectivity index is 1.84. The molecule has 2 heterocycles. The van der Waals surface area contributed by atoms with Crippen molar-refractivity contribution >= 4 is 23.2 Å². The van der Waals surface area contributed by atoms with Crippen molar-refractivity contribution in [3.8, 4) is 0 Å². The molecule has 1 saturated heterocycles. The van der Waals surface area contributed by atoms with Gasteiger partial charge in [-0.2, -0.15) is 0 Å². The van der Waals surface area contributed by atoms with E-state index in [2.05, 4.69) is 10.6 Å². The Morgan fingerprint density at radius 1 is 1.53 bits per heavy atom. The topological polar surface area (TPSA) is 58.2 Å². The molecule has 4 nitrogen and oxygen atoms in total. The van der Waals surface area contributed by atoms with Crippen LogP contribution in [0.1, 0.15) is 30.6 Å². The minimum absolute atomic E-state index is 0.0150. The van der Waals surface area contributed by atoms with E-state index in [4.69, 9.17) is 0 Å². The first-order chi connectivity index (χ1) is 8.25. The van der Waals surface area contributed by atoms with Crippen molar-refractivity contribution in [2.24, 2.45) is 0 Å². The van der Waals surface area contributed by atoms with Crippen LogP contribution >= 0.6 is 11.3 Å². The average Bonchev–Trinajstić information content (AvgIpc) is 2.74. The molecule has 0 radical (unpaired) electrons. The van der Waals surface area contributed by atoms with E-state index >= 15 is 0 Å². The first kappa shape index (κ1) is 12.1. The van der Waals surface area contributed by atoms with Gasteiger partial charge in [-0.25, -0.2) is 0 Å². The highest BCUT2D eigenvalue weighted by Crippen LogP contribution is 2.11. The smallest absolute Gasteiger partial charge is 0.242 e. The van der Waals surface area contributed by atoms with Gasteiger partial charge in [-0.1, -0.05) is 12.5 Å². The van der Waals surface area contributed by atoms with Crippen molar-refractivity contribution in [3.05, 3.63) is 22.4 Å². The van der Waals surface area contributed by atoms with E-state index in [1.54, 1.807) is 11.3 Å². The quantitative estimate of drug-likeness (QED) is 0.855. The van der Waals surface area contributed by atoms with Crippen LogP contribution in [-0.4, -0.2) is 17.9 Å². The Bertz CT molecular complexity index is 389. The van der Waals surface area contributed by atoms with Gasteiger partial charge in [-0.15, -0.1) is 11.3 Å². The molecule has 1 aliphatic rings. The molecular weight excluding hydrogens is 236 g/mol. The number of carbonyl (C=O) groups is 2. The summed E-state index contributed by atoms with van der Waals surface area (Å²) in [5.74, 6) is -0.0903. The van der Waals surface area contributed by atoms with E-state index in [9.17, 15) is 9.59 Å². The SMILES string of the molecule is O=C1CCCCC(C(=O)NCc2cccs2)N1. The number of thiophene rings is 1. The second kappa shape index (κ2) is 5.82. The molecule has 0 bridgehead atoms. The molecule has 92 valence electrons. The van der Waals surface area contributed by atoms with Gasteiger partial charge in [0.25, 0.3) is 0 Å². The zero-order valence-electron chi connectivity index (χ0n) is 9.57. The second-order valence-electron chi connectivity index (χ2n) is 4.16. The third kappa shape index (κ3) is 3.56. The van der Waals surface area contributed by atoms with Gasteiger partial charge < -0.3 is 10.6 Å². The highest BCUT2D eigenvalue weighted by Gasteiger charge is 2.22. The van der Waals surface area contributed by atoms with Gasteiger partial charge in [0, 0.05) is 11.3 Å². The maximum absolute atomic E-state index is 11.9. The van der Waals surface area contributed by atoms with Crippen LogP contribution in [0.4, 0.5) is 0 Å². The van der Waals surface area contributed by atoms with Gasteiger partial charge in [0.2, 0.25) is 11.8 Å². The zero-order valence-corrected chi connectivity index (χ0v) is 10.4. The fraction of sp³-hybridized carbons (Fsp3) is 0.500. The molecule has 0 aromatic carbocycles.